The first kappa shape index (κ1) is 13.5. The van der Waals surface area contributed by atoms with Gasteiger partial charge in [-0.2, -0.15) is 0 Å². The third-order valence-corrected chi connectivity index (χ3v) is 2.42. The van der Waals surface area contributed by atoms with Crippen LogP contribution in [0.5, 0.6) is 0 Å². The molecule has 0 aliphatic carbocycles. The van der Waals surface area contributed by atoms with Gasteiger partial charge in [-0.3, -0.25) is 0 Å². The van der Waals surface area contributed by atoms with E-state index in [0.717, 1.165) is 5.56 Å². The molecule has 3 nitrogen and oxygen atoms in total. The normalized spacial score (nSPS) is 11.0. The van der Waals surface area contributed by atoms with Gasteiger partial charge in [0.05, 0.1) is 18.8 Å². The third kappa shape index (κ3) is 3.71. The number of aliphatic hydroxyl groups is 1. The van der Waals surface area contributed by atoms with Crippen LogP contribution in [0.25, 0.3) is 6.08 Å². The van der Waals surface area contributed by atoms with Gasteiger partial charge in [-0.15, -0.1) is 0 Å². The number of hydrogen-bond donors (Lipinski definition) is 1. The highest BCUT2D eigenvalue weighted by Crippen LogP contribution is 2.17. The van der Waals surface area contributed by atoms with Gasteiger partial charge in [0.25, 0.3) is 0 Å². The Kier molecular flexibility index (Phi) is 4.46. The first-order chi connectivity index (χ1) is 8.00. The molecule has 0 heterocycles. The van der Waals surface area contributed by atoms with Crippen molar-refractivity contribution in [2.45, 2.75) is 13.8 Å². The molecule has 1 rings (SSSR count). The molecule has 0 amide bonds. The largest absolute Gasteiger partial charge is 0.461 e. The minimum absolute atomic E-state index is 0.0244. The third-order valence-electron chi connectivity index (χ3n) is 2.42. The van der Waals surface area contributed by atoms with E-state index in [-0.39, 0.29) is 19.2 Å². The van der Waals surface area contributed by atoms with Crippen LogP contribution < -0.4 is 0 Å². The van der Waals surface area contributed by atoms with Gasteiger partial charge in [0.2, 0.25) is 0 Å². The second-order valence-corrected chi connectivity index (χ2v) is 4.69. The summed E-state index contributed by atoms with van der Waals surface area (Å²) in [5.74, 6) is -0.387. The monoisotopic (exact) mass is 234 g/mol. The van der Waals surface area contributed by atoms with Crippen molar-refractivity contribution in [3.8, 4) is 0 Å². The zero-order valence-electron chi connectivity index (χ0n) is 10.3. The Morgan fingerprint density at radius 3 is 2.71 bits per heavy atom. The van der Waals surface area contributed by atoms with Crippen molar-refractivity contribution in [1.82, 2.24) is 0 Å². The molecule has 0 bridgehead atoms. The Labute approximate surface area is 102 Å². The summed E-state index contributed by atoms with van der Waals surface area (Å²) in [4.78, 5) is 11.8. The van der Waals surface area contributed by atoms with Crippen LogP contribution in [0.1, 0.15) is 29.8 Å². The standard InChI is InChI=1S/C14H18O3/c1-4-11-7-5-6-8-12(11)13(16)17-10-14(2,3)9-15/h4-8,15H,1,9-10H2,2-3H3. The molecule has 0 aliphatic rings. The Morgan fingerprint density at radius 1 is 1.47 bits per heavy atom. The molecule has 3 heteroatoms. The van der Waals surface area contributed by atoms with Crippen LogP contribution in [0, 0.1) is 5.41 Å². The van der Waals surface area contributed by atoms with E-state index in [0.29, 0.717) is 5.56 Å². The summed E-state index contributed by atoms with van der Waals surface area (Å²) >= 11 is 0. The number of carbonyl (C=O) groups is 1. The lowest BCUT2D eigenvalue weighted by Crippen LogP contribution is -2.25. The molecular formula is C14H18O3. The number of rotatable bonds is 5. The van der Waals surface area contributed by atoms with Gasteiger partial charge in [0.1, 0.15) is 0 Å². The highest BCUT2D eigenvalue weighted by atomic mass is 16.5. The lowest BCUT2D eigenvalue weighted by Gasteiger charge is -2.21. The van der Waals surface area contributed by atoms with E-state index in [9.17, 15) is 4.79 Å². The molecule has 1 aromatic carbocycles. The SMILES string of the molecule is C=Cc1ccccc1C(=O)OCC(C)(C)CO. The molecule has 0 radical (unpaired) electrons. The van der Waals surface area contributed by atoms with Gasteiger partial charge < -0.3 is 9.84 Å². The van der Waals surface area contributed by atoms with Crippen LogP contribution in [0.3, 0.4) is 0 Å². The van der Waals surface area contributed by atoms with Crippen molar-refractivity contribution >= 4 is 12.0 Å². The first-order valence-electron chi connectivity index (χ1n) is 5.49. The zero-order valence-corrected chi connectivity index (χ0v) is 10.3. The maximum absolute atomic E-state index is 11.8. The summed E-state index contributed by atoms with van der Waals surface area (Å²) in [5, 5.41) is 9.07. The zero-order chi connectivity index (χ0) is 12.9. The fourth-order valence-electron chi connectivity index (χ4n) is 1.25. The summed E-state index contributed by atoms with van der Waals surface area (Å²) in [6, 6.07) is 7.12. The summed E-state index contributed by atoms with van der Waals surface area (Å²) in [7, 11) is 0. The second-order valence-electron chi connectivity index (χ2n) is 4.69. The smallest absolute Gasteiger partial charge is 0.338 e. The van der Waals surface area contributed by atoms with E-state index in [1.165, 1.54) is 0 Å². The average Bonchev–Trinajstić information content (AvgIpc) is 2.36. The molecule has 17 heavy (non-hydrogen) atoms. The molecule has 0 unspecified atom stereocenters. The minimum atomic E-state index is -0.418. The lowest BCUT2D eigenvalue weighted by molar-refractivity contribution is 0.0218. The Balaban J connectivity index is 2.74. The number of aliphatic hydroxyl groups excluding tert-OH is 1. The number of esters is 1. The van der Waals surface area contributed by atoms with Crippen molar-refractivity contribution in [1.29, 1.82) is 0 Å². The molecule has 1 N–H and O–H groups in total. The van der Waals surface area contributed by atoms with Crippen molar-refractivity contribution in [2.75, 3.05) is 13.2 Å². The van der Waals surface area contributed by atoms with Gasteiger partial charge in [0, 0.05) is 5.41 Å². The predicted octanol–water partition coefficient (Wildman–Crippen LogP) is 2.50. The summed E-state index contributed by atoms with van der Waals surface area (Å²) < 4.78 is 5.18. The van der Waals surface area contributed by atoms with Gasteiger partial charge in [-0.05, 0) is 11.6 Å². The highest BCUT2D eigenvalue weighted by Gasteiger charge is 2.20. The summed E-state index contributed by atoms with van der Waals surface area (Å²) in [6.45, 7) is 7.48. The number of carbonyl (C=O) groups excluding carboxylic acids is 1. The van der Waals surface area contributed by atoms with Crippen LogP contribution in [0.15, 0.2) is 30.8 Å². The molecule has 0 aliphatic heterocycles. The molecule has 0 atom stereocenters. The van der Waals surface area contributed by atoms with Gasteiger partial charge >= 0.3 is 5.97 Å². The second kappa shape index (κ2) is 5.64. The maximum Gasteiger partial charge on any atom is 0.338 e. The summed E-state index contributed by atoms with van der Waals surface area (Å²) in [6.07, 6.45) is 1.62. The molecule has 0 saturated carbocycles. The Morgan fingerprint density at radius 2 is 2.12 bits per heavy atom. The van der Waals surface area contributed by atoms with Crippen LogP contribution >= 0.6 is 0 Å². The van der Waals surface area contributed by atoms with Gasteiger partial charge in [-0.1, -0.05) is 44.7 Å². The van der Waals surface area contributed by atoms with Gasteiger partial charge in [0.15, 0.2) is 0 Å². The van der Waals surface area contributed by atoms with E-state index in [2.05, 4.69) is 6.58 Å². The molecule has 1 aromatic rings. The number of hydrogen-bond acceptors (Lipinski definition) is 3. The maximum atomic E-state index is 11.8. The van der Waals surface area contributed by atoms with Crippen LogP contribution in [-0.4, -0.2) is 24.3 Å². The van der Waals surface area contributed by atoms with E-state index < -0.39 is 5.41 Å². The number of ether oxygens (including phenoxy) is 1. The average molecular weight is 234 g/mol. The highest BCUT2D eigenvalue weighted by molar-refractivity contribution is 5.93. The topological polar surface area (TPSA) is 46.5 Å². The Bertz CT molecular complexity index is 408. The van der Waals surface area contributed by atoms with Crippen molar-refractivity contribution in [3.05, 3.63) is 42.0 Å². The molecule has 92 valence electrons. The van der Waals surface area contributed by atoms with Crippen molar-refractivity contribution in [3.63, 3.8) is 0 Å². The predicted molar refractivity (Wildman–Crippen MR) is 67.7 cm³/mol. The summed E-state index contributed by atoms with van der Waals surface area (Å²) in [5.41, 5.74) is 0.828. The quantitative estimate of drug-likeness (QED) is 0.796. The number of benzene rings is 1. The first-order valence-corrected chi connectivity index (χ1v) is 5.49. The van der Waals surface area contributed by atoms with Crippen molar-refractivity contribution in [2.24, 2.45) is 5.41 Å². The lowest BCUT2D eigenvalue weighted by atomic mass is 9.96. The molecular weight excluding hydrogens is 216 g/mol. The molecule has 0 aromatic heterocycles. The fourth-order valence-corrected chi connectivity index (χ4v) is 1.25. The van der Waals surface area contributed by atoms with E-state index in [1.807, 2.05) is 19.9 Å². The molecule has 0 saturated heterocycles. The fraction of sp³-hybridized carbons (Fsp3) is 0.357. The van der Waals surface area contributed by atoms with Gasteiger partial charge in [-0.25, -0.2) is 4.79 Å². The molecule has 0 spiro atoms. The van der Waals surface area contributed by atoms with Crippen LogP contribution in [0.4, 0.5) is 0 Å². The van der Waals surface area contributed by atoms with E-state index in [4.69, 9.17) is 9.84 Å². The van der Waals surface area contributed by atoms with Crippen LogP contribution in [-0.2, 0) is 4.74 Å². The van der Waals surface area contributed by atoms with E-state index in [1.54, 1.807) is 24.3 Å². The molecule has 0 fully saturated rings. The van der Waals surface area contributed by atoms with Crippen molar-refractivity contribution < 1.29 is 14.6 Å². The van der Waals surface area contributed by atoms with E-state index >= 15 is 0 Å². The van der Waals surface area contributed by atoms with Crippen LogP contribution in [0.2, 0.25) is 0 Å². The minimum Gasteiger partial charge on any atom is -0.461 e. The Hall–Kier alpha value is -1.61.